The largest absolute Gasteiger partial charge is 0.338 e. The Morgan fingerprint density at radius 2 is 2.17 bits per heavy atom. The molecule has 0 radical (unpaired) electrons. The first kappa shape index (κ1) is 16.5. The molecule has 0 saturated carbocycles. The number of fused-ring (bicyclic) bond motifs is 1. The number of carbonyl (C=O) groups is 1. The number of thiophene rings is 1. The molecule has 1 aromatic carbocycles. The van der Waals surface area contributed by atoms with Crippen molar-refractivity contribution < 1.29 is 4.79 Å². The summed E-state index contributed by atoms with van der Waals surface area (Å²) in [7, 11) is 1.84. The van der Waals surface area contributed by atoms with Crippen LogP contribution in [0.15, 0.2) is 48.1 Å². The van der Waals surface area contributed by atoms with Gasteiger partial charge in [-0.3, -0.25) is 0 Å². The number of nitrogens with zero attached hydrogens (tertiary/aromatic N) is 3. The Bertz CT molecular complexity index is 796. The van der Waals surface area contributed by atoms with Crippen LogP contribution in [0, 0.1) is 0 Å². The Morgan fingerprint density at radius 3 is 2.96 bits per heavy atom. The lowest BCUT2D eigenvalue weighted by Crippen LogP contribution is -2.39. The van der Waals surface area contributed by atoms with Gasteiger partial charge in [0.05, 0.1) is 23.4 Å². The molecule has 0 aliphatic carbocycles. The number of para-hydroxylation sites is 2. The van der Waals surface area contributed by atoms with Gasteiger partial charge in [0.25, 0.3) is 0 Å². The number of benzene rings is 1. The molecule has 3 rings (SSSR count). The first-order valence-electron chi connectivity index (χ1n) is 8.11. The molecule has 126 valence electrons. The van der Waals surface area contributed by atoms with Crippen molar-refractivity contribution in [2.24, 2.45) is 0 Å². The van der Waals surface area contributed by atoms with Crippen LogP contribution in [-0.2, 0) is 6.54 Å². The van der Waals surface area contributed by atoms with Crippen molar-refractivity contribution in [2.45, 2.75) is 25.9 Å². The third-order valence-corrected chi connectivity index (χ3v) is 5.28. The van der Waals surface area contributed by atoms with Crippen molar-refractivity contribution in [1.29, 1.82) is 0 Å². The summed E-state index contributed by atoms with van der Waals surface area (Å²) in [6.07, 6.45) is 2.73. The summed E-state index contributed by atoms with van der Waals surface area (Å²) in [5.41, 5.74) is 2.14. The molecule has 1 atom stereocenters. The molecule has 2 aromatic heterocycles. The normalized spacial score (nSPS) is 12.2. The second-order valence-electron chi connectivity index (χ2n) is 5.81. The first-order valence-corrected chi connectivity index (χ1v) is 8.98. The number of hydrogen-bond acceptors (Lipinski definition) is 3. The minimum atomic E-state index is -0.0358. The molecule has 0 bridgehead atoms. The lowest BCUT2D eigenvalue weighted by atomic mass is 10.2. The number of rotatable bonds is 6. The van der Waals surface area contributed by atoms with Crippen molar-refractivity contribution >= 4 is 28.4 Å². The monoisotopic (exact) mass is 342 g/mol. The fraction of sp³-hybridized carbons (Fsp3) is 0.333. The highest BCUT2D eigenvalue weighted by Crippen LogP contribution is 2.23. The quantitative estimate of drug-likeness (QED) is 0.691. The standard InChI is InChI=1S/C18H22N4OS/c1-14(17-9-5-12-24-17)21(2)18(23)19-10-6-11-22-13-20-15-7-3-4-8-16(15)22/h3-5,7-9,12-14H,6,10-11H2,1-2H3,(H,19,23). The van der Waals surface area contributed by atoms with Crippen molar-refractivity contribution in [3.05, 3.63) is 53.0 Å². The zero-order chi connectivity index (χ0) is 16.9. The Kier molecular flexibility index (Phi) is 5.15. The van der Waals surface area contributed by atoms with E-state index in [1.54, 1.807) is 16.2 Å². The van der Waals surface area contributed by atoms with Gasteiger partial charge in [-0.2, -0.15) is 0 Å². The van der Waals surface area contributed by atoms with Gasteiger partial charge in [0, 0.05) is 25.0 Å². The predicted octanol–water partition coefficient (Wildman–Crippen LogP) is 3.89. The van der Waals surface area contributed by atoms with Crippen molar-refractivity contribution in [3.63, 3.8) is 0 Å². The second-order valence-corrected chi connectivity index (χ2v) is 6.79. The summed E-state index contributed by atoms with van der Waals surface area (Å²) in [6.45, 7) is 3.53. The van der Waals surface area contributed by atoms with E-state index in [1.807, 2.05) is 49.9 Å². The molecule has 2 heterocycles. The number of urea groups is 1. The van der Waals surface area contributed by atoms with E-state index in [4.69, 9.17) is 0 Å². The van der Waals surface area contributed by atoms with E-state index in [2.05, 4.69) is 27.0 Å². The van der Waals surface area contributed by atoms with E-state index in [0.29, 0.717) is 6.54 Å². The Morgan fingerprint density at radius 1 is 1.33 bits per heavy atom. The summed E-state index contributed by atoms with van der Waals surface area (Å²) in [5, 5.41) is 5.03. The summed E-state index contributed by atoms with van der Waals surface area (Å²) < 4.78 is 2.12. The van der Waals surface area contributed by atoms with Gasteiger partial charge >= 0.3 is 6.03 Å². The molecule has 2 amide bonds. The highest BCUT2D eigenvalue weighted by molar-refractivity contribution is 7.10. The predicted molar refractivity (Wildman–Crippen MR) is 98.2 cm³/mol. The molecule has 6 heteroatoms. The third-order valence-electron chi connectivity index (χ3n) is 4.24. The van der Waals surface area contributed by atoms with Gasteiger partial charge in [-0.05, 0) is 36.9 Å². The molecule has 0 saturated heterocycles. The van der Waals surface area contributed by atoms with Gasteiger partial charge in [0.15, 0.2) is 0 Å². The van der Waals surface area contributed by atoms with Crippen LogP contribution in [0.1, 0.15) is 24.3 Å². The van der Waals surface area contributed by atoms with Crippen LogP contribution in [0.5, 0.6) is 0 Å². The lowest BCUT2D eigenvalue weighted by Gasteiger charge is -2.24. The maximum Gasteiger partial charge on any atom is 0.317 e. The average Bonchev–Trinajstić information content (AvgIpc) is 3.27. The number of carbonyl (C=O) groups excluding carboxylic acids is 1. The van der Waals surface area contributed by atoms with Crippen molar-refractivity contribution in [3.8, 4) is 0 Å². The van der Waals surface area contributed by atoms with E-state index in [-0.39, 0.29) is 12.1 Å². The Balaban J connectivity index is 1.47. The second kappa shape index (κ2) is 7.49. The molecule has 24 heavy (non-hydrogen) atoms. The van der Waals surface area contributed by atoms with Gasteiger partial charge in [-0.1, -0.05) is 18.2 Å². The molecule has 1 unspecified atom stereocenters. The summed E-state index contributed by atoms with van der Waals surface area (Å²) in [4.78, 5) is 19.6. The van der Waals surface area contributed by atoms with E-state index < -0.39 is 0 Å². The zero-order valence-electron chi connectivity index (χ0n) is 14.0. The number of aromatic nitrogens is 2. The van der Waals surface area contributed by atoms with Crippen molar-refractivity contribution in [2.75, 3.05) is 13.6 Å². The van der Waals surface area contributed by atoms with Crippen LogP contribution in [0.3, 0.4) is 0 Å². The number of aryl methyl sites for hydroxylation is 1. The smallest absolute Gasteiger partial charge is 0.317 e. The number of amides is 2. The van der Waals surface area contributed by atoms with Gasteiger partial charge in [-0.25, -0.2) is 9.78 Å². The van der Waals surface area contributed by atoms with Crippen LogP contribution in [0.4, 0.5) is 4.79 Å². The number of imidazole rings is 1. The van der Waals surface area contributed by atoms with Gasteiger partial charge < -0.3 is 14.8 Å². The topological polar surface area (TPSA) is 50.2 Å². The zero-order valence-corrected chi connectivity index (χ0v) is 14.8. The SMILES string of the molecule is CC(c1cccs1)N(C)C(=O)NCCCn1cnc2ccccc21. The number of hydrogen-bond donors (Lipinski definition) is 1. The molecule has 0 aliphatic rings. The molecule has 0 fully saturated rings. The fourth-order valence-electron chi connectivity index (χ4n) is 2.65. The van der Waals surface area contributed by atoms with Gasteiger partial charge in [0.1, 0.15) is 0 Å². The van der Waals surface area contributed by atoms with E-state index in [0.717, 1.165) is 24.0 Å². The van der Waals surface area contributed by atoms with Crippen LogP contribution in [0.25, 0.3) is 11.0 Å². The molecular weight excluding hydrogens is 320 g/mol. The molecule has 3 aromatic rings. The average molecular weight is 342 g/mol. The van der Waals surface area contributed by atoms with Crippen LogP contribution in [-0.4, -0.2) is 34.1 Å². The van der Waals surface area contributed by atoms with E-state index in [1.165, 1.54) is 4.88 Å². The van der Waals surface area contributed by atoms with E-state index >= 15 is 0 Å². The van der Waals surface area contributed by atoms with Gasteiger partial charge in [0.2, 0.25) is 0 Å². The summed E-state index contributed by atoms with van der Waals surface area (Å²) in [5.74, 6) is 0. The molecule has 0 aliphatic heterocycles. The highest BCUT2D eigenvalue weighted by Gasteiger charge is 2.17. The molecule has 1 N–H and O–H groups in total. The Labute approximate surface area is 145 Å². The minimum absolute atomic E-state index is 0.0358. The third kappa shape index (κ3) is 3.59. The fourth-order valence-corrected chi connectivity index (χ4v) is 3.48. The summed E-state index contributed by atoms with van der Waals surface area (Å²) in [6, 6.07) is 12.2. The summed E-state index contributed by atoms with van der Waals surface area (Å²) >= 11 is 1.67. The van der Waals surface area contributed by atoms with Crippen molar-refractivity contribution in [1.82, 2.24) is 19.8 Å². The molecule has 5 nitrogen and oxygen atoms in total. The van der Waals surface area contributed by atoms with Gasteiger partial charge in [-0.15, -0.1) is 11.3 Å². The Hall–Kier alpha value is -2.34. The highest BCUT2D eigenvalue weighted by atomic mass is 32.1. The number of nitrogens with one attached hydrogen (secondary N) is 1. The first-order chi connectivity index (χ1) is 11.7. The molecule has 0 spiro atoms. The van der Waals surface area contributed by atoms with E-state index in [9.17, 15) is 4.79 Å². The minimum Gasteiger partial charge on any atom is -0.338 e. The maximum atomic E-state index is 12.3. The van der Waals surface area contributed by atoms with Crippen LogP contribution in [0.2, 0.25) is 0 Å². The maximum absolute atomic E-state index is 12.3. The molecular formula is C18H22N4OS. The van der Waals surface area contributed by atoms with Crippen LogP contribution >= 0.6 is 11.3 Å². The van der Waals surface area contributed by atoms with Crippen LogP contribution < -0.4 is 5.32 Å². The lowest BCUT2D eigenvalue weighted by molar-refractivity contribution is 0.195.